The molecule has 0 saturated heterocycles. The van der Waals surface area contributed by atoms with Gasteiger partial charge >= 0.3 is 0 Å². The zero-order chi connectivity index (χ0) is 13.2. The van der Waals surface area contributed by atoms with Crippen LogP contribution < -0.4 is 16.0 Å². The highest BCUT2D eigenvalue weighted by Gasteiger charge is 2.01. The van der Waals surface area contributed by atoms with Crippen molar-refractivity contribution in [2.24, 2.45) is 4.99 Å². The Hall–Kier alpha value is -2.04. The van der Waals surface area contributed by atoms with Crippen LogP contribution in [-0.2, 0) is 4.79 Å². The number of carbonyl (C=O) groups is 1. The molecule has 0 atom stereocenters. The average Bonchev–Trinajstić information content (AvgIpc) is 2.38. The first-order valence-corrected chi connectivity index (χ1v) is 6.13. The Balaban J connectivity index is 2.46. The summed E-state index contributed by atoms with van der Waals surface area (Å²) in [6, 6.07) is 9.35. The summed E-state index contributed by atoms with van der Waals surface area (Å²) < 4.78 is 0. The van der Waals surface area contributed by atoms with Crippen molar-refractivity contribution in [2.45, 2.75) is 13.8 Å². The molecule has 0 aliphatic carbocycles. The molecule has 0 fully saturated rings. The summed E-state index contributed by atoms with van der Waals surface area (Å²) in [7, 11) is 0. The first kappa shape index (κ1) is 14.0. The van der Waals surface area contributed by atoms with Crippen LogP contribution in [0.4, 0.5) is 5.69 Å². The number of aliphatic imine (C=N–C) groups is 1. The van der Waals surface area contributed by atoms with E-state index in [9.17, 15) is 4.79 Å². The SMILES string of the molecule is CCNC(=NCC(=O)Nc1ccccc1)NCC. The molecule has 0 aromatic heterocycles. The highest BCUT2D eigenvalue weighted by molar-refractivity contribution is 5.94. The number of rotatable bonds is 5. The van der Waals surface area contributed by atoms with Crippen molar-refractivity contribution in [1.82, 2.24) is 10.6 Å². The molecule has 0 radical (unpaired) electrons. The minimum absolute atomic E-state index is 0.101. The Morgan fingerprint density at radius 3 is 2.28 bits per heavy atom. The smallest absolute Gasteiger partial charge is 0.246 e. The molecule has 0 unspecified atom stereocenters. The summed E-state index contributed by atoms with van der Waals surface area (Å²) in [5.41, 5.74) is 0.783. The number of para-hydroxylation sites is 1. The molecular weight excluding hydrogens is 228 g/mol. The second kappa shape index (κ2) is 8.11. The zero-order valence-electron chi connectivity index (χ0n) is 10.9. The molecule has 98 valence electrons. The molecule has 0 saturated carbocycles. The van der Waals surface area contributed by atoms with Crippen molar-refractivity contribution < 1.29 is 4.79 Å². The van der Waals surface area contributed by atoms with Gasteiger partial charge in [-0.25, -0.2) is 4.99 Å². The lowest BCUT2D eigenvalue weighted by molar-refractivity contribution is -0.114. The van der Waals surface area contributed by atoms with Crippen LogP contribution in [0.1, 0.15) is 13.8 Å². The Bertz CT molecular complexity index is 381. The molecule has 0 heterocycles. The van der Waals surface area contributed by atoms with Crippen molar-refractivity contribution >= 4 is 17.6 Å². The number of guanidine groups is 1. The van der Waals surface area contributed by atoms with Gasteiger partial charge in [0.1, 0.15) is 6.54 Å². The van der Waals surface area contributed by atoms with Crippen LogP contribution in [0.5, 0.6) is 0 Å². The van der Waals surface area contributed by atoms with Gasteiger partial charge < -0.3 is 16.0 Å². The number of hydrogen-bond acceptors (Lipinski definition) is 2. The van der Waals surface area contributed by atoms with E-state index in [0.29, 0.717) is 5.96 Å². The van der Waals surface area contributed by atoms with Crippen LogP contribution in [-0.4, -0.2) is 31.5 Å². The topological polar surface area (TPSA) is 65.5 Å². The summed E-state index contributed by atoms with van der Waals surface area (Å²) in [6.45, 7) is 5.61. The summed E-state index contributed by atoms with van der Waals surface area (Å²) in [6.07, 6.45) is 0. The molecule has 18 heavy (non-hydrogen) atoms. The van der Waals surface area contributed by atoms with Gasteiger partial charge in [0, 0.05) is 18.8 Å². The van der Waals surface area contributed by atoms with Gasteiger partial charge in [-0.05, 0) is 26.0 Å². The first-order chi connectivity index (χ1) is 8.76. The van der Waals surface area contributed by atoms with Gasteiger partial charge in [0.05, 0.1) is 0 Å². The molecule has 5 heteroatoms. The minimum Gasteiger partial charge on any atom is -0.357 e. The number of nitrogens with zero attached hydrogens (tertiary/aromatic N) is 1. The molecule has 1 rings (SSSR count). The van der Waals surface area contributed by atoms with Crippen molar-refractivity contribution in [3.63, 3.8) is 0 Å². The number of carbonyl (C=O) groups excluding carboxylic acids is 1. The van der Waals surface area contributed by atoms with Gasteiger partial charge in [-0.1, -0.05) is 18.2 Å². The fourth-order valence-corrected chi connectivity index (χ4v) is 1.38. The van der Waals surface area contributed by atoms with Crippen molar-refractivity contribution in [1.29, 1.82) is 0 Å². The third-order valence-corrected chi connectivity index (χ3v) is 2.13. The Morgan fingerprint density at radius 1 is 1.11 bits per heavy atom. The van der Waals surface area contributed by atoms with Crippen molar-refractivity contribution in [2.75, 3.05) is 25.0 Å². The average molecular weight is 248 g/mol. The van der Waals surface area contributed by atoms with E-state index in [1.165, 1.54) is 0 Å². The quantitative estimate of drug-likeness (QED) is 0.542. The largest absolute Gasteiger partial charge is 0.357 e. The summed E-state index contributed by atoms with van der Waals surface area (Å²) in [5.74, 6) is 0.526. The molecule has 0 aliphatic heterocycles. The van der Waals surface area contributed by atoms with Crippen molar-refractivity contribution in [3.05, 3.63) is 30.3 Å². The van der Waals surface area contributed by atoms with E-state index in [1.54, 1.807) is 0 Å². The molecular formula is C13H20N4O. The monoisotopic (exact) mass is 248 g/mol. The fraction of sp³-hybridized carbons (Fsp3) is 0.385. The van der Waals surface area contributed by atoms with Gasteiger partial charge in [-0.15, -0.1) is 0 Å². The first-order valence-electron chi connectivity index (χ1n) is 6.13. The lowest BCUT2D eigenvalue weighted by Gasteiger charge is -2.09. The van der Waals surface area contributed by atoms with E-state index < -0.39 is 0 Å². The third-order valence-electron chi connectivity index (χ3n) is 2.13. The molecule has 0 spiro atoms. The summed E-state index contributed by atoms with van der Waals surface area (Å²) >= 11 is 0. The van der Waals surface area contributed by atoms with Crippen LogP contribution in [0.15, 0.2) is 35.3 Å². The summed E-state index contributed by atoms with van der Waals surface area (Å²) in [5, 5.41) is 8.90. The second-order valence-corrected chi connectivity index (χ2v) is 3.64. The number of nitrogens with one attached hydrogen (secondary N) is 3. The van der Waals surface area contributed by atoms with Gasteiger partial charge in [-0.2, -0.15) is 0 Å². The van der Waals surface area contributed by atoms with Gasteiger partial charge in [-0.3, -0.25) is 4.79 Å². The molecule has 0 bridgehead atoms. The van der Waals surface area contributed by atoms with E-state index in [2.05, 4.69) is 20.9 Å². The number of amides is 1. The lowest BCUT2D eigenvalue weighted by atomic mass is 10.3. The maximum atomic E-state index is 11.7. The Morgan fingerprint density at radius 2 is 1.72 bits per heavy atom. The number of anilines is 1. The molecule has 1 amide bonds. The maximum Gasteiger partial charge on any atom is 0.246 e. The van der Waals surface area contributed by atoms with E-state index in [1.807, 2.05) is 44.2 Å². The fourth-order valence-electron chi connectivity index (χ4n) is 1.38. The standard InChI is InChI=1S/C13H20N4O/c1-3-14-13(15-4-2)16-10-12(18)17-11-8-6-5-7-9-11/h5-9H,3-4,10H2,1-2H3,(H,17,18)(H2,14,15,16). The van der Waals surface area contributed by atoms with E-state index in [0.717, 1.165) is 18.8 Å². The molecule has 3 N–H and O–H groups in total. The lowest BCUT2D eigenvalue weighted by Crippen LogP contribution is -2.37. The van der Waals surface area contributed by atoms with Crippen LogP contribution in [0.3, 0.4) is 0 Å². The van der Waals surface area contributed by atoms with E-state index >= 15 is 0 Å². The van der Waals surface area contributed by atoms with Crippen LogP contribution >= 0.6 is 0 Å². The highest BCUT2D eigenvalue weighted by Crippen LogP contribution is 2.04. The van der Waals surface area contributed by atoms with Crippen LogP contribution in [0.2, 0.25) is 0 Å². The van der Waals surface area contributed by atoms with E-state index in [-0.39, 0.29) is 12.5 Å². The molecule has 0 aliphatic rings. The van der Waals surface area contributed by atoms with Crippen LogP contribution in [0.25, 0.3) is 0 Å². The Kier molecular flexibility index (Phi) is 6.32. The normalized spacial score (nSPS) is 9.44. The van der Waals surface area contributed by atoms with Gasteiger partial charge in [0.25, 0.3) is 0 Å². The Labute approximate surface area is 108 Å². The molecule has 5 nitrogen and oxygen atoms in total. The molecule has 1 aromatic carbocycles. The molecule has 1 aromatic rings. The number of benzene rings is 1. The maximum absolute atomic E-state index is 11.7. The van der Waals surface area contributed by atoms with Crippen LogP contribution in [0, 0.1) is 0 Å². The van der Waals surface area contributed by atoms with Crippen molar-refractivity contribution in [3.8, 4) is 0 Å². The second-order valence-electron chi connectivity index (χ2n) is 3.64. The zero-order valence-corrected chi connectivity index (χ0v) is 10.9. The highest BCUT2D eigenvalue weighted by atomic mass is 16.1. The summed E-state index contributed by atoms with van der Waals surface area (Å²) in [4.78, 5) is 15.8. The predicted molar refractivity (Wildman–Crippen MR) is 74.7 cm³/mol. The minimum atomic E-state index is -0.130. The number of hydrogen-bond donors (Lipinski definition) is 3. The van der Waals surface area contributed by atoms with Gasteiger partial charge in [0.15, 0.2) is 5.96 Å². The third kappa shape index (κ3) is 5.34. The van der Waals surface area contributed by atoms with E-state index in [4.69, 9.17) is 0 Å². The van der Waals surface area contributed by atoms with Gasteiger partial charge in [0.2, 0.25) is 5.91 Å². The predicted octanol–water partition coefficient (Wildman–Crippen LogP) is 1.20.